The Kier molecular flexibility index (Phi) is 2.88. The van der Waals surface area contributed by atoms with E-state index in [9.17, 15) is 4.39 Å². The zero-order valence-electron chi connectivity index (χ0n) is 7.84. The van der Waals surface area contributed by atoms with Gasteiger partial charge in [0, 0.05) is 10.5 Å². The molecule has 1 aliphatic rings. The third-order valence-electron chi connectivity index (χ3n) is 2.65. The van der Waals surface area contributed by atoms with E-state index in [1.807, 2.05) is 0 Å². The first-order chi connectivity index (χ1) is 6.66. The summed E-state index contributed by atoms with van der Waals surface area (Å²) in [7, 11) is 0. The van der Waals surface area contributed by atoms with Crippen LogP contribution in [0.25, 0.3) is 0 Å². The molecule has 1 saturated carbocycles. The van der Waals surface area contributed by atoms with E-state index < -0.39 is 0 Å². The fourth-order valence-corrected chi connectivity index (χ4v) is 2.29. The van der Waals surface area contributed by atoms with Crippen LogP contribution in [0.3, 0.4) is 0 Å². The van der Waals surface area contributed by atoms with Crippen molar-refractivity contribution in [3.63, 3.8) is 0 Å². The molecule has 0 bridgehead atoms. The van der Waals surface area contributed by atoms with E-state index in [2.05, 4.69) is 15.9 Å². The van der Waals surface area contributed by atoms with Gasteiger partial charge in [-0.25, -0.2) is 4.39 Å². The summed E-state index contributed by atoms with van der Waals surface area (Å²) in [5.41, 5.74) is 7.05. The van der Waals surface area contributed by atoms with Crippen molar-refractivity contribution in [2.24, 2.45) is 11.7 Å². The van der Waals surface area contributed by atoms with Gasteiger partial charge in [-0.15, -0.1) is 0 Å². The molecule has 0 aliphatic heterocycles. The van der Waals surface area contributed by atoms with Crippen molar-refractivity contribution in [2.75, 3.05) is 0 Å². The summed E-state index contributed by atoms with van der Waals surface area (Å²) in [5, 5.41) is 0. The molecule has 1 nitrogen and oxygen atoms in total. The third-order valence-corrected chi connectivity index (χ3v) is 3.33. The van der Waals surface area contributed by atoms with Gasteiger partial charge in [0.1, 0.15) is 5.82 Å². The molecule has 0 saturated heterocycles. The first-order valence-corrected chi connectivity index (χ1v) is 5.66. The van der Waals surface area contributed by atoms with Gasteiger partial charge in [-0.2, -0.15) is 0 Å². The third kappa shape index (κ3) is 2.34. The van der Waals surface area contributed by atoms with E-state index in [0.717, 1.165) is 22.4 Å². The zero-order chi connectivity index (χ0) is 10.1. The molecule has 0 amide bonds. The first-order valence-electron chi connectivity index (χ1n) is 4.87. The maximum absolute atomic E-state index is 12.8. The van der Waals surface area contributed by atoms with Crippen LogP contribution in [0.5, 0.6) is 0 Å². The molecule has 2 rings (SSSR count). The lowest BCUT2D eigenvalue weighted by Crippen LogP contribution is -2.11. The monoisotopic (exact) mass is 257 g/mol. The van der Waals surface area contributed by atoms with Crippen LogP contribution in [0, 0.1) is 11.7 Å². The largest absolute Gasteiger partial charge is 0.324 e. The lowest BCUT2D eigenvalue weighted by molar-refractivity contribution is 0.588. The highest BCUT2D eigenvalue weighted by atomic mass is 79.9. The van der Waals surface area contributed by atoms with Crippen molar-refractivity contribution in [1.29, 1.82) is 0 Å². The maximum Gasteiger partial charge on any atom is 0.124 e. The van der Waals surface area contributed by atoms with Crippen LogP contribution in [-0.2, 0) is 0 Å². The van der Waals surface area contributed by atoms with Crippen LogP contribution in [-0.4, -0.2) is 0 Å². The van der Waals surface area contributed by atoms with Crippen molar-refractivity contribution < 1.29 is 4.39 Å². The van der Waals surface area contributed by atoms with E-state index in [-0.39, 0.29) is 11.9 Å². The van der Waals surface area contributed by atoms with Crippen molar-refractivity contribution in [1.82, 2.24) is 0 Å². The fourth-order valence-electron chi connectivity index (χ4n) is 1.64. The summed E-state index contributed by atoms with van der Waals surface area (Å²) in [6, 6.07) is 4.75. The predicted octanol–water partition coefficient (Wildman–Crippen LogP) is 3.39. The molecule has 0 heterocycles. The van der Waals surface area contributed by atoms with E-state index in [4.69, 9.17) is 5.73 Å². The molecule has 76 valence electrons. The molecule has 0 radical (unpaired) electrons. The van der Waals surface area contributed by atoms with E-state index >= 15 is 0 Å². The quantitative estimate of drug-likeness (QED) is 0.883. The highest BCUT2D eigenvalue weighted by Crippen LogP contribution is 2.38. The van der Waals surface area contributed by atoms with Gasteiger partial charge < -0.3 is 5.73 Å². The zero-order valence-corrected chi connectivity index (χ0v) is 9.43. The molecule has 2 N–H and O–H groups in total. The smallest absolute Gasteiger partial charge is 0.124 e. The Morgan fingerprint density at radius 2 is 2.21 bits per heavy atom. The summed E-state index contributed by atoms with van der Waals surface area (Å²) >= 11 is 3.34. The molecular formula is C11H13BrFN. The number of nitrogens with two attached hydrogens (primary N) is 1. The Bertz CT molecular complexity index is 336. The van der Waals surface area contributed by atoms with E-state index in [0.29, 0.717) is 0 Å². The van der Waals surface area contributed by atoms with Gasteiger partial charge in [0.2, 0.25) is 0 Å². The van der Waals surface area contributed by atoms with Crippen LogP contribution in [0.4, 0.5) is 4.39 Å². The van der Waals surface area contributed by atoms with Crippen molar-refractivity contribution in [3.05, 3.63) is 34.1 Å². The summed E-state index contributed by atoms with van der Waals surface area (Å²) in [4.78, 5) is 0. The van der Waals surface area contributed by atoms with Crippen LogP contribution in [0.2, 0.25) is 0 Å². The predicted molar refractivity (Wildman–Crippen MR) is 58.4 cm³/mol. The number of hydrogen-bond acceptors (Lipinski definition) is 1. The minimum absolute atomic E-state index is 0.0393. The second-order valence-electron chi connectivity index (χ2n) is 3.95. The summed E-state index contributed by atoms with van der Waals surface area (Å²) in [6.07, 6.45) is 3.61. The fraction of sp³-hybridized carbons (Fsp3) is 0.455. The highest BCUT2D eigenvalue weighted by Gasteiger charge is 2.25. The molecule has 0 aromatic heterocycles. The Balaban J connectivity index is 2.13. The summed E-state index contributed by atoms with van der Waals surface area (Å²) in [5.74, 6) is 0.571. The van der Waals surface area contributed by atoms with Gasteiger partial charge >= 0.3 is 0 Å². The molecule has 1 aromatic carbocycles. The molecular weight excluding hydrogens is 245 g/mol. The van der Waals surface area contributed by atoms with Crippen molar-refractivity contribution >= 4 is 15.9 Å². The van der Waals surface area contributed by atoms with Crippen LogP contribution >= 0.6 is 15.9 Å². The normalized spacial score (nSPS) is 18.2. The van der Waals surface area contributed by atoms with Gasteiger partial charge in [0.15, 0.2) is 0 Å². The minimum atomic E-state index is -0.223. The topological polar surface area (TPSA) is 26.0 Å². The molecule has 1 aromatic rings. The molecule has 0 unspecified atom stereocenters. The molecule has 0 spiro atoms. The lowest BCUT2D eigenvalue weighted by atomic mass is 10.0. The maximum atomic E-state index is 12.8. The molecule has 1 atom stereocenters. The van der Waals surface area contributed by atoms with Crippen LogP contribution < -0.4 is 5.73 Å². The highest BCUT2D eigenvalue weighted by molar-refractivity contribution is 9.10. The van der Waals surface area contributed by atoms with Gasteiger partial charge in [-0.1, -0.05) is 34.8 Å². The van der Waals surface area contributed by atoms with E-state index in [1.54, 1.807) is 6.07 Å². The van der Waals surface area contributed by atoms with Gasteiger partial charge in [-0.3, -0.25) is 0 Å². The minimum Gasteiger partial charge on any atom is -0.324 e. The van der Waals surface area contributed by atoms with Gasteiger partial charge in [0.25, 0.3) is 0 Å². The molecule has 14 heavy (non-hydrogen) atoms. The second kappa shape index (κ2) is 3.99. The number of rotatable bonds is 3. The summed E-state index contributed by atoms with van der Waals surface area (Å²) < 4.78 is 13.6. The summed E-state index contributed by atoms with van der Waals surface area (Å²) in [6.45, 7) is 0. The average molecular weight is 258 g/mol. The van der Waals surface area contributed by atoms with Crippen molar-refractivity contribution in [2.45, 2.75) is 25.3 Å². The second-order valence-corrected chi connectivity index (χ2v) is 4.81. The molecule has 3 heteroatoms. The number of halogens is 2. The van der Waals surface area contributed by atoms with Crippen LogP contribution in [0.1, 0.15) is 30.9 Å². The van der Waals surface area contributed by atoms with Crippen molar-refractivity contribution in [3.8, 4) is 0 Å². The molecule has 1 fully saturated rings. The first kappa shape index (κ1) is 10.1. The number of hydrogen-bond donors (Lipinski definition) is 1. The Morgan fingerprint density at radius 1 is 1.50 bits per heavy atom. The SMILES string of the molecule is N[C@H](CC1CC1)c1ccc(F)cc1Br. The van der Waals surface area contributed by atoms with E-state index in [1.165, 1.54) is 25.0 Å². The van der Waals surface area contributed by atoms with Gasteiger partial charge in [-0.05, 0) is 30.0 Å². The Morgan fingerprint density at radius 3 is 2.79 bits per heavy atom. The average Bonchev–Trinajstić information content (AvgIpc) is 2.87. The van der Waals surface area contributed by atoms with Crippen LogP contribution in [0.15, 0.2) is 22.7 Å². The number of benzene rings is 1. The standard InChI is InChI=1S/C11H13BrFN/c12-10-6-8(13)3-4-9(10)11(14)5-7-1-2-7/h3-4,6-7,11H,1-2,5,14H2/t11-/m1/s1. The Labute approximate surface area is 91.6 Å². The lowest BCUT2D eigenvalue weighted by Gasteiger charge is -2.13. The Hall–Kier alpha value is -0.410. The van der Waals surface area contributed by atoms with Gasteiger partial charge in [0.05, 0.1) is 0 Å². The molecule has 1 aliphatic carbocycles.